The van der Waals surface area contributed by atoms with E-state index in [2.05, 4.69) is 0 Å². The monoisotopic (exact) mass is 299 g/mol. The van der Waals surface area contributed by atoms with E-state index < -0.39 is 10.0 Å². The minimum atomic E-state index is -3.48. The molecule has 0 spiro atoms. The second kappa shape index (κ2) is 6.67. The van der Waals surface area contributed by atoms with E-state index in [-0.39, 0.29) is 12.5 Å². The Morgan fingerprint density at radius 1 is 1.40 bits per heavy atom. The largest absolute Gasteiger partial charge is 0.381 e. The van der Waals surface area contributed by atoms with Crippen molar-refractivity contribution in [2.45, 2.75) is 17.9 Å². The van der Waals surface area contributed by atoms with Crippen molar-refractivity contribution < 1.29 is 17.9 Å². The molecule has 1 aliphatic rings. The quantitative estimate of drug-likeness (QED) is 0.798. The van der Waals surface area contributed by atoms with Crippen LogP contribution < -0.4 is 0 Å². The summed E-state index contributed by atoms with van der Waals surface area (Å²) in [7, 11) is -0.301. The minimum absolute atomic E-state index is 0.282. The lowest BCUT2D eigenvalue weighted by Crippen LogP contribution is -2.32. The van der Waals surface area contributed by atoms with Crippen molar-refractivity contribution in [2.24, 2.45) is 5.92 Å². The van der Waals surface area contributed by atoms with Gasteiger partial charge in [-0.3, -0.25) is 0 Å². The lowest BCUT2D eigenvalue weighted by Gasteiger charge is -2.21. The lowest BCUT2D eigenvalue weighted by molar-refractivity contribution is 0.181. The van der Waals surface area contributed by atoms with E-state index in [0.29, 0.717) is 23.6 Å². The second-order valence-electron chi connectivity index (χ2n) is 5.06. The highest BCUT2D eigenvalue weighted by molar-refractivity contribution is 7.89. The van der Waals surface area contributed by atoms with E-state index in [9.17, 15) is 8.42 Å². The first-order chi connectivity index (χ1) is 9.55. The van der Waals surface area contributed by atoms with Crippen LogP contribution in [0, 0.1) is 5.92 Å². The normalized spacial score (nSPS) is 19.6. The van der Waals surface area contributed by atoms with Gasteiger partial charge >= 0.3 is 0 Å². The van der Waals surface area contributed by atoms with Crippen LogP contribution in [0.5, 0.6) is 0 Å². The van der Waals surface area contributed by atoms with Gasteiger partial charge in [0.15, 0.2) is 0 Å². The Labute approximate surface area is 120 Å². The molecule has 2 rings (SSSR count). The number of nitrogens with zero attached hydrogens (tertiary/aromatic N) is 1. The maximum Gasteiger partial charge on any atom is 0.243 e. The van der Waals surface area contributed by atoms with Crippen molar-refractivity contribution in [1.82, 2.24) is 4.31 Å². The number of benzene rings is 1. The van der Waals surface area contributed by atoms with Crippen molar-refractivity contribution >= 4 is 10.0 Å². The summed E-state index contributed by atoms with van der Waals surface area (Å²) in [5.41, 5.74) is 0.685. The zero-order valence-corrected chi connectivity index (χ0v) is 12.7. The Bertz CT molecular complexity index is 538. The Balaban J connectivity index is 2.20. The molecule has 0 N–H and O–H groups in total. The third-order valence-corrected chi connectivity index (χ3v) is 5.42. The van der Waals surface area contributed by atoms with E-state index in [1.807, 2.05) is 6.07 Å². The Kier molecular flexibility index (Phi) is 5.15. The second-order valence-corrected chi connectivity index (χ2v) is 7.07. The molecule has 1 unspecified atom stereocenters. The number of rotatable bonds is 6. The lowest BCUT2D eigenvalue weighted by atomic mass is 10.1. The van der Waals surface area contributed by atoms with Crippen LogP contribution in [0.2, 0.25) is 0 Å². The summed E-state index contributed by atoms with van der Waals surface area (Å²) in [6, 6.07) is 6.96. The number of ether oxygens (including phenoxy) is 2. The van der Waals surface area contributed by atoms with Crippen LogP contribution in [0.3, 0.4) is 0 Å². The van der Waals surface area contributed by atoms with Crippen molar-refractivity contribution in [2.75, 3.05) is 33.9 Å². The number of hydrogen-bond donors (Lipinski definition) is 0. The molecule has 1 aliphatic heterocycles. The Morgan fingerprint density at radius 3 is 2.80 bits per heavy atom. The van der Waals surface area contributed by atoms with Gasteiger partial charge in [-0.2, -0.15) is 0 Å². The number of hydrogen-bond acceptors (Lipinski definition) is 4. The minimum Gasteiger partial charge on any atom is -0.381 e. The van der Waals surface area contributed by atoms with Gasteiger partial charge in [-0.15, -0.1) is 0 Å². The van der Waals surface area contributed by atoms with Gasteiger partial charge in [0.25, 0.3) is 0 Å². The standard InChI is InChI=1S/C14H21NO4S/c1-15(9-12-7-8-19-10-12)20(16,17)14-6-4-3-5-13(14)11-18-2/h3-6,12H,7-11H2,1-2H3. The van der Waals surface area contributed by atoms with Crippen LogP contribution >= 0.6 is 0 Å². The first kappa shape index (κ1) is 15.4. The highest BCUT2D eigenvalue weighted by Gasteiger charge is 2.27. The first-order valence-electron chi connectivity index (χ1n) is 6.66. The van der Waals surface area contributed by atoms with Gasteiger partial charge in [0.05, 0.1) is 18.1 Å². The highest BCUT2D eigenvalue weighted by atomic mass is 32.2. The van der Waals surface area contributed by atoms with E-state index in [1.165, 1.54) is 4.31 Å². The molecule has 1 saturated heterocycles. The smallest absolute Gasteiger partial charge is 0.243 e. The molecule has 5 nitrogen and oxygen atoms in total. The van der Waals surface area contributed by atoms with Crippen LogP contribution in [-0.4, -0.2) is 46.6 Å². The molecule has 1 heterocycles. The summed E-state index contributed by atoms with van der Waals surface area (Å²) in [6.07, 6.45) is 0.916. The SMILES string of the molecule is COCc1ccccc1S(=O)(=O)N(C)CC1CCOC1. The maximum atomic E-state index is 12.6. The molecule has 1 fully saturated rings. The van der Waals surface area contributed by atoms with Crippen LogP contribution in [0.1, 0.15) is 12.0 Å². The third kappa shape index (κ3) is 3.38. The molecule has 0 radical (unpaired) electrons. The van der Waals surface area contributed by atoms with Gasteiger partial charge in [-0.1, -0.05) is 18.2 Å². The van der Waals surface area contributed by atoms with E-state index in [0.717, 1.165) is 13.0 Å². The molecule has 0 aliphatic carbocycles. The first-order valence-corrected chi connectivity index (χ1v) is 8.10. The van der Waals surface area contributed by atoms with Crippen LogP contribution in [-0.2, 0) is 26.1 Å². The maximum absolute atomic E-state index is 12.6. The van der Waals surface area contributed by atoms with Crippen LogP contribution in [0.4, 0.5) is 0 Å². The van der Waals surface area contributed by atoms with Crippen molar-refractivity contribution in [3.63, 3.8) is 0 Å². The van der Waals surface area contributed by atoms with Crippen molar-refractivity contribution in [3.8, 4) is 0 Å². The summed E-state index contributed by atoms with van der Waals surface area (Å²) >= 11 is 0. The third-order valence-electron chi connectivity index (χ3n) is 3.50. The molecule has 0 amide bonds. The Hall–Kier alpha value is -0.950. The average Bonchev–Trinajstić information content (AvgIpc) is 2.92. The molecule has 6 heteroatoms. The molecule has 1 aromatic carbocycles. The van der Waals surface area contributed by atoms with E-state index in [4.69, 9.17) is 9.47 Å². The van der Waals surface area contributed by atoms with Gasteiger partial charge < -0.3 is 9.47 Å². The highest BCUT2D eigenvalue weighted by Crippen LogP contribution is 2.22. The molecule has 112 valence electrons. The summed E-state index contributed by atoms with van der Waals surface area (Å²) in [5.74, 6) is 0.282. The van der Waals surface area contributed by atoms with E-state index >= 15 is 0 Å². The van der Waals surface area contributed by atoms with Gasteiger partial charge in [0.1, 0.15) is 0 Å². The molecule has 0 aromatic heterocycles. The van der Waals surface area contributed by atoms with Gasteiger partial charge in [0.2, 0.25) is 10.0 Å². The summed E-state index contributed by atoms with van der Waals surface area (Å²) < 4.78 is 37.1. The van der Waals surface area contributed by atoms with Crippen molar-refractivity contribution in [1.29, 1.82) is 0 Å². The summed E-state index contributed by atoms with van der Waals surface area (Å²) in [4.78, 5) is 0.322. The van der Waals surface area contributed by atoms with Crippen LogP contribution in [0.25, 0.3) is 0 Å². The zero-order valence-electron chi connectivity index (χ0n) is 11.9. The molecular weight excluding hydrogens is 278 g/mol. The van der Waals surface area contributed by atoms with Crippen molar-refractivity contribution in [3.05, 3.63) is 29.8 Å². The topological polar surface area (TPSA) is 55.8 Å². The molecular formula is C14H21NO4S. The number of methoxy groups -OCH3 is 1. The Morgan fingerprint density at radius 2 is 2.15 bits per heavy atom. The predicted molar refractivity (Wildman–Crippen MR) is 75.9 cm³/mol. The van der Waals surface area contributed by atoms with Gasteiger partial charge in [-0.05, 0) is 24.0 Å². The fourth-order valence-electron chi connectivity index (χ4n) is 2.39. The summed E-state index contributed by atoms with van der Waals surface area (Å²) in [5, 5.41) is 0. The average molecular weight is 299 g/mol. The van der Waals surface area contributed by atoms with Crippen LogP contribution in [0.15, 0.2) is 29.2 Å². The molecule has 20 heavy (non-hydrogen) atoms. The van der Waals surface area contributed by atoms with Gasteiger partial charge in [-0.25, -0.2) is 12.7 Å². The fraction of sp³-hybridized carbons (Fsp3) is 0.571. The van der Waals surface area contributed by atoms with Gasteiger partial charge in [0, 0.05) is 27.3 Å². The molecule has 0 saturated carbocycles. The predicted octanol–water partition coefficient (Wildman–Crippen LogP) is 1.49. The zero-order chi connectivity index (χ0) is 14.6. The molecule has 1 atom stereocenters. The molecule has 1 aromatic rings. The molecule has 0 bridgehead atoms. The summed E-state index contributed by atoms with van der Waals surface area (Å²) in [6.45, 7) is 2.14. The fourth-order valence-corrected chi connectivity index (χ4v) is 3.84. The van der Waals surface area contributed by atoms with E-state index in [1.54, 1.807) is 32.4 Å². The number of sulfonamides is 1.